The Bertz CT molecular complexity index is 1770. The molecule has 0 saturated heterocycles. The second-order valence-corrected chi connectivity index (χ2v) is 8.57. The number of hydrogen-bond acceptors (Lipinski definition) is 8. The van der Waals surface area contributed by atoms with Gasteiger partial charge in [0.25, 0.3) is 5.56 Å². The lowest BCUT2D eigenvalue weighted by molar-refractivity contribution is -0.0500. The molecule has 5 aromatic rings. The predicted molar refractivity (Wildman–Crippen MR) is 143 cm³/mol. The summed E-state index contributed by atoms with van der Waals surface area (Å²) in [5.41, 5.74) is 7.77. The van der Waals surface area contributed by atoms with Crippen LogP contribution in [0, 0.1) is 11.3 Å². The number of nitrogens with one attached hydrogen (secondary N) is 1. The van der Waals surface area contributed by atoms with Gasteiger partial charge in [0.05, 0.1) is 23.8 Å². The number of halogens is 2. The van der Waals surface area contributed by atoms with Crippen molar-refractivity contribution in [2.24, 2.45) is 0 Å². The molecule has 3 aromatic heterocycles. The Kier molecular flexibility index (Phi) is 6.84. The molecular weight excluding hydrogens is 504 g/mol. The van der Waals surface area contributed by atoms with Crippen molar-refractivity contribution in [3.63, 3.8) is 0 Å². The van der Waals surface area contributed by atoms with Crippen LogP contribution in [-0.2, 0) is 0 Å². The smallest absolute Gasteiger partial charge is 0.387 e. The summed E-state index contributed by atoms with van der Waals surface area (Å²) < 4.78 is 31.7. The molecule has 0 bridgehead atoms. The molecule has 0 spiro atoms. The van der Waals surface area contributed by atoms with E-state index in [9.17, 15) is 18.8 Å². The summed E-state index contributed by atoms with van der Waals surface area (Å²) in [4.78, 5) is 26.2. The second-order valence-electron chi connectivity index (χ2n) is 8.57. The third-order valence-corrected chi connectivity index (χ3v) is 6.06. The van der Waals surface area contributed by atoms with Gasteiger partial charge in [-0.05, 0) is 42.1 Å². The molecule has 0 aliphatic heterocycles. The highest BCUT2D eigenvalue weighted by molar-refractivity contribution is 5.96. The molecule has 1 atom stereocenters. The van der Waals surface area contributed by atoms with E-state index < -0.39 is 12.7 Å². The molecule has 5 rings (SSSR count). The SMILES string of the molecule is C[C@H](Nc1nc(N)ncc1C#N)c1cc2cccc(-c3cncc(OC(F)F)c3)c2c(=O)n1-c1ccccc1. The topological polar surface area (TPSA) is 132 Å². The van der Waals surface area contributed by atoms with Gasteiger partial charge in [-0.25, -0.2) is 4.98 Å². The van der Waals surface area contributed by atoms with Crippen molar-refractivity contribution < 1.29 is 13.5 Å². The fourth-order valence-corrected chi connectivity index (χ4v) is 4.38. The first-order valence-corrected chi connectivity index (χ1v) is 11.8. The van der Waals surface area contributed by atoms with Crippen molar-refractivity contribution in [1.82, 2.24) is 19.5 Å². The van der Waals surface area contributed by atoms with Crippen LogP contribution < -0.4 is 21.3 Å². The zero-order valence-electron chi connectivity index (χ0n) is 20.5. The van der Waals surface area contributed by atoms with Crippen LogP contribution in [-0.4, -0.2) is 26.1 Å². The van der Waals surface area contributed by atoms with Crippen LogP contribution in [0.4, 0.5) is 20.5 Å². The number of hydrogen-bond donors (Lipinski definition) is 2. The van der Waals surface area contributed by atoms with E-state index in [0.29, 0.717) is 33.3 Å². The molecule has 0 unspecified atom stereocenters. The van der Waals surface area contributed by atoms with Gasteiger partial charge >= 0.3 is 6.61 Å². The molecule has 0 saturated carbocycles. The lowest BCUT2D eigenvalue weighted by atomic mass is 9.98. The van der Waals surface area contributed by atoms with E-state index in [1.807, 2.05) is 37.3 Å². The lowest BCUT2D eigenvalue weighted by Gasteiger charge is -2.22. The number of benzene rings is 2. The van der Waals surface area contributed by atoms with Gasteiger partial charge in [0.2, 0.25) is 5.95 Å². The average molecular weight is 526 g/mol. The molecule has 3 N–H and O–H groups in total. The molecule has 0 radical (unpaired) electrons. The Labute approximate surface area is 221 Å². The van der Waals surface area contributed by atoms with E-state index in [0.717, 1.165) is 0 Å². The van der Waals surface area contributed by atoms with Crippen LogP contribution in [0.2, 0.25) is 0 Å². The van der Waals surface area contributed by atoms with E-state index in [-0.39, 0.29) is 28.6 Å². The first-order chi connectivity index (χ1) is 18.9. The van der Waals surface area contributed by atoms with Gasteiger partial charge in [0.1, 0.15) is 23.2 Å². The number of ether oxygens (including phenoxy) is 1. The summed E-state index contributed by atoms with van der Waals surface area (Å²) in [6, 6.07) is 19.2. The summed E-state index contributed by atoms with van der Waals surface area (Å²) in [6.45, 7) is -1.17. The van der Waals surface area contributed by atoms with Gasteiger partial charge in [-0.2, -0.15) is 19.0 Å². The Morgan fingerprint density at radius 3 is 2.62 bits per heavy atom. The van der Waals surface area contributed by atoms with E-state index in [1.54, 1.807) is 34.9 Å². The molecule has 3 heterocycles. The third kappa shape index (κ3) is 5.08. The summed E-state index contributed by atoms with van der Waals surface area (Å²) >= 11 is 0. The van der Waals surface area contributed by atoms with Crippen LogP contribution >= 0.6 is 0 Å². The number of nitrogen functional groups attached to an aromatic ring is 1. The number of nitrogens with two attached hydrogens (primary N) is 1. The minimum atomic E-state index is -3.01. The molecule has 0 amide bonds. The fraction of sp³-hybridized carbons (Fsp3) is 0.107. The Balaban J connectivity index is 1.72. The fourth-order valence-electron chi connectivity index (χ4n) is 4.38. The van der Waals surface area contributed by atoms with Crippen molar-refractivity contribution in [2.75, 3.05) is 11.1 Å². The minimum absolute atomic E-state index is 0.000959. The molecule has 194 valence electrons. The maximum absolute atomic E-state index is 14.2. The first-order valence-electron chi connectivity index (χ1n) is 11.8. The number of alkyl halides is 2. The Morgan fingerprint density at radius 1 is 1.08 bits per heavy atom. The predicted octanol–water partition coefficient (Wildman–Crippen LogP) is 5.07. The van der Waals surface area contributed by atoms with Gasteiger partial charge in [-0.15, -0.1) is 0 Å². The van der Waals surface area contributed by atoms with Crippen molar-refractivity contribution in [1.29, 1.82) is 5.26 Å². The number of anilines is 2. The third-order valence-electron chi connectivity index (χ3n) is 6.06. The second kappa shape index (κ2) is 10.5. The van der Waals surface area contributed by atoms with Gasteiger partial charge in [-0.3, -0.25) is 14.3 Å². The van der Waals surface area contributed by atoms with E-state index >= 15 is 0 Å². The van der Waals surface area contributed by atoms with Crippen LogP contribution in [0.15, 0.2) is 84.0 Å². The number of nitriles is 1. The zero-order valence-corrected chi connectivity index (χ0v) is 20.5. The van der Waals surface area contributed by atoms with Crippen LogP contribution in [0.1, 0.15) is 24.2 Å². The zero-order chi connectivity index (χ0) is 27.5. The Morgan fingerprint density at radius 2 is 1.87 bits per heavy atom. The van der Waals surface area contributed by atoms with Crippen molar-refractivity contribution in [2.45, 2.75) is 19.6 Å². The monoisotopic (exact) mass is 525 g/mol. The minimum Gasteiger partial charge on any atom is -0.433 e. The quantitative estimate of drug-likeness (QED) is 0.301. The van der Waals surface area contributed by atoms with Crippen LogP contribution in [0.3, 0.4) is 0 Å². The number of fused-ring (bicyclic) bond motifs is 1. The molecule has 39 heavy (non-hydrogen) atoms. The highest BCUT2D eigenvalue weighted by Gasteiger charge is 2.20. The molecule has 2 aromatic carbocycles. The van der Waals surface area contributed by atoms with Crippen molar-refractivity contribution in [3.05, 3.63) is 101 Å². The number of para-hydroxylation sites is 1. The normalized spacial score (nSPS) is 11.8. The van der Waals surface area contributed by atoms with Crippen LogP contribution in [0.5, 0.6) is 5.75 Å². The number of rotatable bonds is 7. The highest BCUT2D eigenvalue weighted by Crippen LogP contribution is 2.31. The van der Waals surface area contributed by atoms with E-state index in [4.69, 9.17) is 5.73 Å². The van der Waals surface area contributed by atoms with E-state index in [2.05, 4.69) is 25.0 Å². The van der Waals surface area contributed by atoms with Crippen molar-refractivity contribution in [3.8, 4) is 28.6 Å². The van der Waals surface area contributed by atoms with Gasteiger partial charge in [-0.1, -0.05) is 36.4 Å². The average Bonchev–Trinajstić information content (AvgIpc) is 2.93. The number of pyridine rings is 2. The molecule has 0 aliphatic rings. The summed E-state index contributed by atoms with van der Waals surface area (Å²) in [5.74, 6) is 0.119. The van der Waals surface area contributed by atoms with E-state index in [1.165, 1.54) is 24.7 Å². The highest BCUT2D eigenvalue weighted by atomic mass is 19.3. The maximum Gasteiger partial charge on any atom is 0.387 e. The first kappa shape index (κ1) is 25.3. The molecule has 11 heteroatoms. The summed E-state index contributed by atoms with van der Waals surface area (Å²) in [6.07, 6.45) is 4.00. The van der Waals surface area contributed by atoms with Crippen LogP contribution in [0.25, 0.3) is 27.6 Å². The van der Waals surface area contributed by atoms with Gasteiger partial charge < -0.3 is 15.8 Å². The standard InChI is InChI=1S/C28H21F2N7O2/c1-16(35-25-19(12-31)14-34-28(32)36-25)23-11-17-6-5-9-22(18-10-21(15-33-13-18)39-27(29)30)24(17)26(38)37(23)20-7-3-2-4-8-20/h2-11,13-16,27H,1H3,(H3,32,34,35,36)/t16-/m0/s1. The summed E-state index contributed by atoms with van der Waals surface area (Å²) in [7, 11) is 0. The largest absolute Gasteiger partial charge is 0.433 e. The number of nitrogens with zero attached hydrogens (tertiary/aromatic N) is 5. The molecule has 9 nitrogen and oxygen atoms in total. The summed E-state index contributed by atoms with van der Waals surface area (Å²) in [5, 5.41) is 13.7. The van der Waals surface area contributed by atoms with Gasteiger partial charge in [0.15, 0.2) is 0 Å². The maximum atomic E-state index is 14.2. The van der Waals surface area contributed by atoms with Gasteiger partial charge in [0, 0.05) is 23.1 Å². The number of aromatic nitrogens is 4. The van der Waals surface area contributed by atoms with Crippen molar-refractivity contribution >= 4 is 22.5 Å². The molecular formula is C28H21F2N7O2. The molecule has 0 aliphatic carbocycles. The lowest BCUT2D eigenvalue weighted by Crippen LogP contribution is -2.26. The molecule has 0 fully saturated rings. The Hall–Kier alpha value is -5.37.